The van der Waals surface area contributed by atoms with Crippen LogP contribution in [0.4, 0.5) is 14.5 Å². The van der Waals surface area contributed by atoms with Crippen molar-refractivity contribution in [2.24, 2.45) is 0 Å². The molecule has 2 rings (SSSR count). The van der Waals surface area contributed by atoms with Gasteiger partial charge in [-0.2, -0.15) is 0 Å². The van der Waals surface area contributed by atoms with Crippen molar-refractivity contribution in [2.45, 2.75) is 26.0 Å². The Balaban J connectivity index is 1.92. The Hall–Kier alpha value is -1.20. The topological polar surface area (TPSA) is 24.5 Å². The molecule has 19 heavy (non-hydrogen) atoms. The van der Waals surface area contributed by atoms with Gasteiger partial charge in [0.25, 0.3) is 0 Å². The van der Waals surface area contributed by atoms with Crippen molar-refractivity contribution >= 4 is 5.69 Å². The van der Waals surface area contributed by atoms with Crippen molar-refractivity contribution in [1.29, 1.82) is 0 Å². The van der Waals surface area contributed by atoms with Crippen molar-refractivity contribution in [3.63, 3.8) is 0 Å². The molecule has 0 radical (unpaired) electrons. The van der Waals surface area contributed by atoms with E-state index in [2.05, 4.69) is 24.1 Å². The molecule has 1 atom stereocenters. The highest BCUT2D eigenvalue weighted by atomic mass is 19.1. The largest absolute Gasteiger partial charge is 0.378 e. The monoisotopic (exact) mass is 270 g/mol. The van der Waals surface area contributed by atoms with Crippen LogP contribution < -0.4 is 5.32 Å². The summed E-state index contributed by atoms with van der Waals surface area (Å²) in [6, 6.07) is 4.30. The minimum atomic E-state index is -0.573. The molecular weight excluding hydrogens is 250 g/mol. The molecule has 0 saturated carbocycles. The van der Waals surface area contributed by atoms with E-state index < -0.39 is 11.6 Å². The number of morpholine rings is 1. The molecule has 106 valence electrons. The van der Waals surface area contributed by atoms with Crippen molar-refractivity contribution < 1.29 is 13.5 Å². The zero-order valence-corrected chi connectivity index (χ0v) is 11.3. The Kier molecular flexibility index (Phi) is 4.71. The summed E-state index contributed by atoms with van der Waals surface area (Å²) in [6.45, 7) is 7.01. The number of hydrogen-bond acceptors (Lipinski definition) is 3. The molecule has 0 aromatic heterocycles. The van der Waals surface area contributed by atoms with Gasteiger partial charge in [-0.1, -0.05) is 6.07 Å². The van der Waals surface area contributed by atoms with Crippen molar-refractivity contribution in [1.82, 2.24) is 4.90 Å². The van der Waals surface area contributed by atoms with Gasteiger partial charge in [-0.25, -0.2) is 8.78 Å². The Morgan fingerprint density at radius 3 is 2.68 bits per heavy atom. The number of para-hydroxylation sites is 1. The van der Waals surface area contributed by atoms with Crippen LogP contribution in [0.25, 0.3) is 0 Å². The summed E-state index contributed by atoms with van der Waals surface area (Å²) < 4.78 is 32.5. The lowest BCUT2D eigenvalue weighted by Gasteiger charge is -2.35. The Morgan fingerprint density at radius 2 is 2.05 bits per heavy atom. The van der Waals surface area contributed by atoms with Crippen LogP contribution in [0.2, 0.25) is 0 Å². The molecule has 1 N–H and O–H groups in total. The van der Waals surface area contributed by atoms with E-state index in [0.29, 0.717) is 19.2 Å². The van der Waals surface area contributed by atoms with Crippen molar-refractivity contribution in [3.8, 4) is 0 Å². The van der Waals surface area contributed by atoms with Crippen LogP contribution in [0.15, 0.2) is 18.2 Å². The quantitative estimate of drug-likeness (QED) is 0.909. The van der Waals surface area contributed by atoms with Gasteiger partial charge in [0.15, 0.2) is 0 Å². The average Bonchev–Trinajstić information content (AvgIpc) is 2.38. The van der Waals surface area contributed by atoms with E-state index in [0.717, 1.165) is 13.1 Å². The third-order valence-electron chi connectivity index (χ3n) is 3.37. The third kappa shape index (κ3) is 3.64. The number of anilines is 1. The van der Waals surface area contributed by atoms with Crippen LogP contribution in [-0.4, -0.2) is 43.3 Å². The first kappa shape index (κ1) is 14.2. The summed E-state index contributed by atoms with van der Waals surface area (Å²) in [7, 11) is 0. The van der Waals surface area contributed by atoms with E-state index >= 15 is 0 Å². The van der Waals surface area contributed by atoms with Gasteiger partial charge in [0, 0.05) is 25.7 Å². The minimum absolute atomic E-state index is 0.0462. The van der Waals surface area contributed by atoms with E-state index in [1.165, 1.54) is 18.2 Å². The molecule has 1 fully saturated rings. The lowest BCUT2D eigenvalue weighted by molar-refractivity contribution is -0.0316. The summed E-state index contributed by atoms with van der Waals surface area (Å²) in [5, 5.41) is 2.81. The van der Waals surface area contributed by atoms with Crippen LogP contribution >= 0.6 is 0 Å². The summed E-state index contributed by atoms with van der Waals surface area (Å²) >= 11 is 0. The van der Waals surface area contributed by atoms with Gasteiger partial charge in [0.2, 0.25) is 0 Å². The van der Waals surface area contributed by atoms with Gasteiger partial charge < -0.3 is 10.1 Å². The molecule has 1 unspecified atom stereocenters. The molecule has 3 nitrogen and oxygen atoms in total. The summed E-state index contributed by atoms with van der Waals surface area (Å²) in [5.74, 6) is -1.15. The number of halogens is 2. The predicted octanol–water partition coefficient (Wildman–Crippen LogP) is 2.49. The van der Waals surface area contributed by atoms with Crippen LogP contribution in [0.3, 0.4) is 0 Å². The van der Waals surface area contributed by atoms with E-state index in [9.17, 15) is 8.78 Å². The normalized spacial score (nSPS) is 20.8. The molecular formula is C14H20F2N2O. The highest BCUT2D eigenvalue weighted by Gasteiger charge is 2.22. The van der Waals surface area contributed by atoms with E-state index in [1.807, 2.05) is 0 Å². The molecule has 0 spiro atoms. The lowest BCUT2D eigenvalue weighted by Crippen LogP contribution is -2.48. The first-order chi connectivity index (χ1) is 9.08. The van der Waals surface area contributed by atoms with Crippen LogP contribution in [0, 0.1) is 11.6 Å². The highest BCUT2D eigenvalue weighted by Crippen LogP contribution is 2.18. The molecule has 0 amide bonds. The number of benzene rings is 1. The zero-order valence-electron chi connectivity index (χ0n) is 11.3. The van der Waals surface area contributed by atoms with E-state index in [1.54, 1.807) is 0 Å². The van der Waals surface area contributed by atoms with Gasteiger partial charge in [0.05, 0.1) is 12.7 Å². The second-order valence-electron chi connectivity index (χ2n) is 5.06. The first-order valence-corrected chi connectivity index (χ1v) is 6.61. The highest BCUT2D eigenvalue weighted by molar-refractivity contribution is 5.46. The fourth-order valence-electron chi connectivity index (χ4n) is 2.22. The fourth-order valence-corrected chi connectivity index (χ4v) is 2.22. The third-order valence-corrected chi connectivity index (χ3v) is 3.37. The Labute approximate surface area is 112 Å². The van der Waals surface area contributed by atoms with Gasteiger partial charge >= 0.3 is 0 Å². The summed E-state index contributed by atoms with van der Waals surface area (Å²) in [5.41, 5.74) is -0.0761. The smallest absolute Gasteiger partial charge is 0.149 e. The second kappa shape index (κ2) is 6.30. The Morgan fingerprint density at radius 1 is 1.37 bits per heavy atom. The first-order valence-electron chi connectivity index (χ1n) is 6.61. The predicted molar refractivity (Wildman–Crippen MR) is 71.3 cm³/mol. The molecule has 0 bridgehead atoms. The number of nitrogens with zero attached hydrogens (tertiary/aromatic N) is 1. The summed E-state index contributed by atoms with van der Waals surface area (Å²) in [6.07, 6.45) is -0.0462. The van der Waals surface area contributed by atoms with Gasteiger partial charge in [-0.3, -0.25) is 4.90 Å². The maximum absolute atomic E-state index is 13.5. The molecule has 5 heteroatoms. The number of rotatable bonds is 4. The molecule has 1 aliphatic heterocycles. The Bertz CT molecular complexity index is 406. The lowest BCUT2D eigenvalue weighted by atomic mass is 10.2. The van der Waals surface area contributed by atoms with E-state index in [-0.39, 0.29) is 11.8 Å². The maximum Gasteiger partial charge on any atom is 0.149 e. The van der Waals surface area contributed by atoms with Gasteiger partial charge in [0.1, 0.15) is 17.3 Å². The maximum atomic E-state index is 13.5. The second-order valence-corrected chi connectivity index (χ2v) is 5.06. The number of hydrogen-bond donors (Lipinski definition) is 1. The van der Waals surface area contributed by atoms with Crippen molar-refractivity contribution in [3.05, 3.63) is 29.8 Å². The van der Waals surface area contributed by atoms with Gasteiger partial charge in [-0.05, 0) is 26.0 Å². The molecule has 1 aromatic carbocycles. The molecule has 1 aromatic rings. The van der Waals surface area contributed by atoms with Crippen LogP contribution in [-0.2, 0) is 4.74 Å². The fraction of sp³-hybridized carbons (Fsp3) is 0.571. The average molecular weight is 270 g/mol. The van der Waals surface area contributed by atoms with Crippen LogP contribution in [0.1, 0.15) is 13.8 Å². The number of ether oxygens (including phenoxy) is 1. The minimum Gasteiger partial charge on any atom is -0.378 e. The summed E-state index contributed by atoms with van der Waals surface area (Å²) in [4.78, 5) is 2.30. The standard InChI is InChI=1S/C14H20F2N2O/c1-10(2)18-6-7-19-11(9-18)8-17-14-12(15)4-3-5-13(14)16/h3-5,10-11,17H,6-9H2,1-2H3. The van der Waals surface area contributed by atoms with Crippen molar-refractivity contribution in [2.75, 3.05) is 31.6 Å². The molecule has 1 aliphatic rings. The van der Waals surface area contributed by atoms with Gasteiger partial charge in [-0.15, -0.1) is 0 Å². The van der Waals surface area contributed by atoms with E-state index in [4.69, 9.17) is 4.74 Å². The number of nitrogens with one attached hydrogen (secondary N) is 1. The SMILES string of the molecule is CC(C)N1CCOC(CNc2c(F)cccc2F)C1. The molecule has 1 heterocycles. The van der Waals surface area contributed by atoms with Crippen LogP contribution in [0.5, 0.6) is 0 Å². The zero-order chi connectivity index (χ0) is 13.8. The molecule has 0 aliphatic carbocycles. The molecule has 1 saturated heterocycles.